The second kappa shape index (κ2) is 9.87. The molecule has 0 saturated heterocycles. The molecule has 0 radical (unpaired) electrons. The average Bonchev–Trinajstić information content (AvgIpc) is 3.15. The summed E-state index contributed by atoms with van der Waals surface area (Å²) < 4.78 is 1.71. The number of amides is 2. The summed E-state index contributed by atoms with van der Waals surface area (Å²) >= 11 is 0. The number of carbonyl (C=O) groups excluding carboxylic acids is 2. The highest BCUT2D eigenvalue weighted by atomic mass is 16.2. The van der Waals surface area contributed by atoms with E-state index in [0.717, 1.165) is 24.8 Å². The minimum Gasteiger partial charge on any atom is -0.351 e. The van der Waals surface area contributed by atoms with Crippen LogP contribution in [0.25, 0.3) is 5.52 Å². The predicted molar refractivity (Wildman–Crippen MR) is 114 cm³/mol. The van der Waals surface area contributed by atoms with Gasteiger partial charge in [0.15, 0.2) is 5.69 Å². The highest BCUT2D eigenvalue weighted by Gasteiger charge is 2.24. The van der Waals surface area contributed by atoms with Crippen LogP contribution in [0.4, 0.5) is 0 Å². The third-order valence-corrected chi connectivity index (χ3v) is 4.91. The van der Waals surface area contributed by atoms with Gasteiger partial charge in [-0.2, -0.15) is 0 Å². The number of aromatic nitrogens is 2. The molecule has 0 saturated carbocycles. The van der Waals surface area contributed by atoms with E-state index in [-0.39, 0.29) is 17.6 Å². The van der Waals surface area contributed by atoms with Crippen LogP contribution in [-0.4, -0.2) is 39.2 Å². The van der Waals surface area contributed by atoms with E-state index in [1.54, 1.807) is 15.5 Å². The van der Waals surface area contributed by atoms with Crippen molar-refractivity contribution in [2.45, 2.75) is 39.7 Å². The first kappa shape index (κ1) is 20.6. The summed E-state index contributed by atoms with van der Waals surface area (Å²) in [6.45, 7) is 5.72. The molecule has 1 aromatic carbocycles. The monoisotopic (exact) mass is 392 g/mol. The summed E-state index contributed by atoms with van der Waals surface area (Å²) in [5.41, 5.74) is 1.98. The van der Waals surface area contributed by atoms with Crippen molar-refractivity contribution in [3.63, 3.8) is 0 Å². The fraction of sp³-hybridized carbons (Fsp3) is 0.348. The Morgan fingerprint density at radius 1 is 1.03 bits per heavy atom. The van der Waals surface area contributed by atoms with Crippen molar-refractivity contribution in [3.8, 4) is 0 Å². The number of fused-ring (bicyclic) bond motifs is 1. The molecule has 2 aromatic heterocycles. The molecule has 0 aliphatic heterocycles. The Morgan fingerprint density at radius 2 is 1.79 bits per heavy atom. The molecule has 3 rings (SSSR count). The first-order chi connectivity index (χ1) is 14.2. The van der Waals surface area contributed by atoms with Gasteiger partial charge in [0.2, 0.25) is 5.82 Å². The first-order valence-electron chi connectivity index (χ1n) is 10.2. The topological polar surface area (TPSA) is 66.7 Å². The van der Waals surface area contributed by atoms with Gasteiger partial charge < -0.3 is 10.2 Å². The van der Waals surface area contributed by atoms with Crippen LogP contribution in [0, 0.1) is 0 Å². The molecule has 3 aromatic rings. The van der Waals surface area contributed by atoms with Crippen LogP contribution in [-0.2, 0) is 6.54 Å². The third-order valence-electron chi connectivity index (χ3n) is 4.91. The maximum atomic E-state index is 13.2. The van der Waals surface area contributed by atoms with Gasteiger partial charge in [-0.3, -0.25) is 14.0 Å². The van der Waals surface area contributed by atoms with Gasteiger partial charge in [-0.1, -0.05) is 56.2 Å². The zero-order valence-electron chi connectivity index (χ0n) is 17.1. The molecule has 0 bridgehead atoms. The quantitative estimate of drug-likeness (QED) is 0.561. The van der Waals surface area contributed by atoms with Crippen molar-refractivity contribution >= 4 is 17.3 Å². The average molecular weight is 393 g/mol. The maximum absolute atomic E-state index is 13.2. The highest BCUT2D eigenvalue weighted by Crippen LogP contribution is 2.16. The largest absolute Gasteiger partial charge is 0.351 e. The number of hydrogen-bond donors (Lipinski definition) is 1. The number of nitrogens with zero attached hydrogens (tertiary/aromatic N) is 3. The van der Waals surface area contributed by atoms with Crippen molar-refractivity contribution in [3.05, 3.63) is 71.8 Å². The number of benzene rings is 1. The Balaban J connectivity index is 1.86. The van der Waals surface area contributed by atoms with Gasteiger partial charge in [0.25, 0.3) is 11.8 Å². The lowest BCUT2D eigenvalue weighted by atomic mass is 10.2. The molecule has 0 atom stereocenters. The van der Waals surface area contributed by atoms with Gasteiger partial charge in [0.1, 0.15) is 0 Å². The highest BCUT2D eigenvalue weighted by molar-refractivity contribution is 6.02. The Hall–Kier alpha value is -3.15. The lowest BCUT2D eigenvalue weighted by molar-refractivity contribution is 0.0739. The van der Waals surface area contributed by atoms with Crippen molar-refractivity contribution in [2.75, 3.05) is 13.1 Å². The van der Waals surface area contributed by atoms with Crippen molar-refractivity contribution in [1.29, 1.82) is 0 Å². The minimum absolute atomic E-state index is 0.192. The van der Waals surface area contributed by atoms with Gasteiger partial charge in [0, 0.05) is 25.8 Å². The summed E-state index contributed by atoms with van der Waals surface area (Å²) in [7, 11) is 0. The maximum Gasteiger partial charge on any atom is 0.290 e. The van der Waals surface area contributed by atoms with Gasteiger partial charge in [-0.15, -0.1) is 0 Å². The molecule has 0 spiro atoms. The van der Waals surface area contributed by atoms with Gasteiger partial charge in [0.05, 0.1) is 5.52 Å². The van der Waals surface area contributed by atoms with Crippen LogP contribution in [0.5, 0.6) is 0 Å². The van der Waals surface area contributed by atoms with E-state index in [1.807, 2.05) is 55.5 Å². The molecule has 2 amide bonds. The van der Waals surface area contributed by atoms with E-state index < -0.39 is 0 Å². The van der Waals surface area contributed by atoms with Crippen LogP contribution < -0.4 is 5.32 Å². The molecule has 152 valence electrons. The number of nitrogens with one attached hydrogen (secondary N) is 1. The molecule has 29 heavy (non-hydrogen) atoms. The predicted octanol–water partition coefficient (Wildman–Crippen LogP) is 3.92. The Labute approximate surface area is 171 Å². The molecule has 2 heterocycles. The first-order valence-corrected chi connectivity index (χ1v) is 10.2. The summed E-state index contributed by atoms with van der Waals surface area (Å²) in [6, 6.07) is 15.4. The van der Waals surface area contributed by atoms with Crippen LogP contribution in [0.1, 0.15) is 59.8 Å². The molecule has 6 nitrogen and oxygen atoms in total. The zero-order valence-corrected chi connectivity index (χ0v) is 17.1. The Bertz CT molecular complexity index is 965. The number of rotatable bonds is 9. The summed E-state index contributed by atoms with van der Waals surface area (Å²) in [5, 5.41) is 2.92. The number of carbonyl (C=O) groups is 2. The van der Waals surface area contributed by atoms with Crippen molar-refractivity contribution in [1.82, 2.24) is 19.6 Å². The van der Waals surface area contributed by atoms with E-state index in [2.05, 4.69) is 17.2 Å². The van der Waals surface area contributed by atoms with E-state index in [0.29, 0.717) is 30.8 Å². The zero-order chi connectivity index (χ0) is 20.6. The number of pyridine rings is 1. The molecule has 0 aliphatic rings. The molecule has 1 N–H and O–H groups in total. The minimum atomic E-state index is -0.241. The van der Waals surface area contributed by atoms with Crippen LogP contribution in [0.3, 0.4) is 0 Å². The number of hydrogen-bond acceptors (Lipinski definition) is 3. The van der Waals surface area contributed by atoms with E-state index in [9.17, 15) is 9.59 Å². The second-order valence-corrected chi connectivity index (χ2v) is 7.01. The van der Waals surface area contributed by atoms with Gasteiger partial charge in [-0.25, -0.2) is 4.98 Å². The fourth-order valence-corrected chi connectivity index (χ4v) is 3.29. The lowest BCUT2D eigenvalue weighted by Crippen LogP contribution is -2.32. The van der Waals surface area contributed by atoms with E-state index in [1.165, 1.54) is 0 Å². The van der Waals surface area contributed by atoms with Crippen molar-refractivity contribution < 1.29 is 9.59 Å². The summed E-state index contributed by atoms with van der Waals surface area (Å²) in [5.74, 6) is -0.172. The smallest absolute Gasteiger partial charge is 0.290 e. The third kappa shape index (κ3) is 4.83. The summed E-state index contributed by atoms with van der Waals surface area (Å²) in [6.07, 6.45) is 4.87. The van der Waals surface area contributed by atoms with Gasteiger partial charge >= 0.3 is 0 Å². The van der Waals surface area contributed by atoms with Crippen LogP contribution in [0.15, 0.2) is 54.7 Å². The molecule has 0 aliphatic carbocycles. The van der Waals surface area contributed by atoms with E-state index >= 15 is 0 Å². The lowest BCUT2D eigenvalue weighted by Gasteiger charge is -2.20. The molecule has 0 fully saturated rings. The van der Waals surface area contributed by atoms with E-state index in [4.69, 9.17) is 0 Å². The number of unbranched alkanes of at least 4 members (excludes halogenated alkanes) is 2. The van der Waals surface area contributed by atoms with Crippen LogP contribution in [0.2, 0.25) is 0 Å². The standard InChI is InChI=1S/C23H28N4O2/c1-3-5-10-15-24-22(28)20-19-14-9-11-16-27(19)21(25-20)23(29)26(4-2)17-18-12-7-6-8-13-18/h6-9,11-14,16H,3-5,10,15,17H2,1-2H3,(H,24,28). The molecule has 6 heteroatoms. The molecular formula is C23H28N4O2. The Kier molecular flexibility index (Phi) is 7.00. The summed E-state index contributed by atoms with van der Waals surface area (Å²) in [4.78, 5) is 32.1. The van der Waals surface area contributed by atoms with Crippen molar-refractivity contribution in [2.24, 2.45) is 0 Å². The molecule has 0 unspecified atom stereocenters. The SMILES string of the molecule is CCCCCNC(=O)c1nc(C(=O)N(CC)Cc2ccccc2)n2ccccc12. The normalized spacial score (nSPS) is 10.8. The number of imidazole rings is 1. The Morgan fingerprint density at radius 3 is 2.52 bits per heavy atom. The van der Waals surface area contributed by atoms with Gasteiger partial charge in [-0.05, 0) is 31.0 Å². The van der Waals surface area contributed by atoms with Crippen LogP contribution >= 0.6 is 0 Å². The fourth-order valence-electron chi connectivity index (χ4n) is 3.29. The second-order valence-electron chi connectivity index (χ2n) is 7.01. The molecular weight excluding hydrogens is 364 g/mol.